The number of rotatable bonds is 0. The van der Waals surface area contributed by atoms with E-state index in [1.807, 2.05) is 20.8 Å². The Bertz CT molecular complexity index is 315. The number of hydrogen-bond donors (Lipinski definition) is 0. The SMILES string of the molecule is CC(C)(C)OC(=O)N1CCC2(CC1)CN=CO2. The first kappa shape index (κ1) is 12.2. The van der Waals surface area contributed by atoms with Gasteiger partial charge in [0.1, 0.15) is 11.2 Å². The summed E-state index contributed by atoms with van der Waals surface area (Å²) < 4.78 is 10.9. The van der Waals surface area contributed by atoms with E-state index in [4.69, 9.17) is 9.47 Å². The Morgan fingerprint density at radius 2 is 2.06 bits per heavy atom. The third-order valence-corrected chi connectivity index (χ3v) is 3.08. The van der Waals surface area contributed by atoms with Gasteiger partial charge in [-0.15, -0.1) is 0 Å². The number of aliphatic imine (C=N–C) groups is 1. The second-order valence-corrected chi connectivity index (χ2v) is 5.71. The summed E-state index contributed by atoms with van der Waals surface area (Å²) in [5.74, 6) is 0. The van der Waals surface area contributed by atoms with Crippen molar-refractivity contribution in [1.29, 1.82) is 0 Å². The molecular weight excluding hydrogens is 220 g/mol. The van der Waals surface area contributed by atoms with Crippen LogP contribution in [-0.2, 0) is 9.47 Å². The first-order valence-corrected chi connectivity index (χ1v) is 6.04. The van der Waals surface area contributed by atoms with Crippen molar-refractivity contribution in [3.8, 4) is 0 Å². The maximum Gasteiger partial charge on any atom is 0.410 e. The molecule has 0 radical (unpaired) electrons. The molecule has 0 unspecified atom stereocenters. The van der Waals surface area contributed by atoms with Crippen LogP contribution in [0.25, 0.3) is 0 Å². The minimum Gasteiger partial charge on any atom is -0.475 e. The highest BCUT2D eigenvalue weighted by Gasteiger charge is 2.40. The van der Waals surface area contributed by atoms with Gasteiger partial charge in [0.25, 0.3) is 0 Å². The van der Waals surface area contributed by atoms with Crippen LogP contribution < -0.4 is 0 Å². The Morgan fingerprint density at radius 1 is 1.41 bits per heavy atom. The Balaban J connectivity index is 1.84. The lowest BCUT2D eigenvalue weighted by Crippen LogP contribution is -2.49. The molecule has 0 N–H and O–H groups in total. The lowest BCUT2D eigenvalue weighted by atomic mass is 9.92. The molecule has 0 aromatic rings. The summed E-state index contributed by atoms with van der Waals surface area (Å²) in [5, 5.41) is 0. The zero-order valence-electron chi connectivity index (χ0n) is 10.7. The van der Waals surface area contributed by atoms with E-state index in [0.29, 0.717) is 13.1 Å². The fourth-order valence-electron chi connectivity index (χ4n) is 2.09. The van der Waals surface area contributed by atoms with E-state index in [2.05, 4.69) is 4.99 Å². The number of amides is 1. The van der Waals surface area contributed by atoms with Crippen LogP contribution in [0.3, 0.4) is 0 Å². The van der Waals surface area contributed by atoms with Crippen LogP contribution in [0.2, 0.25) is 0 Å². The molecule has 2 heterocycles. The van der Waals surface area contributed by atoms with Gasteiger partial charge in [-0.3, -0.25) is 4.99 Å². The lowest BCUT2D eigenvalue weighted by molar-refractivity contribution is -0.00905. The Labute approximate surface area is 102 Å². The van der Waals surface area contributed by atoms with Gasteiger partial charge in [0, 0.05) is 25.9 Å². The fourth-order valence-corrected chi connectivity index (χ4v) is 2.09. The predicted octanol–water partition coefficient (Wildman–Crippen LogP) is 1.81. The smallest absolute Gasteiger partial charge is 0.410 e. The standard InChI is InChI=1S/C12H20N2O3/c1-11(2,3)17-10(15)14-6-4-12(5-7-14)8-13-9-16-12/h9H,4-8H2,1-3H3. The third kappa shape index (κ3) is 2.90. The first-order chi connectivity index (χ1) is 7.90. The number of ether oxygens (including phenoxy) is 2. The van der Waals surface area contributed by atoms with E-state index in [9.17, 15) is 4.79 Å². The quantitative estimate of drug-likeness (QED) is 0.649. The second-order valence-electron chi connectivity index (χ2n) is 5.71. The maximum atomic E-state index is 11.8. The number of hydrogen-bond acceptors (Lipinski definition) is 4. The van der Waals surface area contributed by atoms with Gasteiger partial charge in [0.15, 0.2) is 6.40 Å². The van der Waals surface area contributed by atoms with Crippen LogP contribution >= 0.6 is 0 Å². The van der Waals surface area contributed by atoms with E-state index >= 15 is 0 Å². The van der Waals surface area contributed by atoms with Gasteiger partial charge in [-0.05, 0) is 20.8 Å². The van der Waals surface area contributed by atoms with Crippen molar-refractivity contribution in [2.75, 3.05) is 19.6 Å². The number of nitrogens with zero attached hydrogens (tertiary/aromatic N) is 2. The third-order valence-electron chi connectivity index (χ3n) is 3.08. The molecule has 0 aromatic heterocycles. The Kier molecular flexibility index (Phi) is 3.02. The minimum atomic E-state index is -0.431. The van der Waals surface area contributed by atoms with E-state index in [1.54, 1.807) is 4.90 Å². The van der Waals surface area contributed by atoms with Gasteiger partial charge in [-0.1, -0.05) is 0 Å². The number of likely N-dealkylation sites (tertiary alicyclic amines) is 1. The summed E-state index contributed by atoms with van der Waals surface area (Å²) in [6, 6.07) is 0. The van der Waals surface area contributed by atoms with Crippen molar-refractivity contribution in [2.45, 2.75) is 44.8 Å². The molecule has 5 nitrogen and oxygen atoms in total. The van der Waals surface area contributed by atoms with Crippen molar-refractivity contribution in [2.24, 2.45) is 4.99 Å². The van der Waals surface area contributed by atoms with E-state index < -0.39 is 5.60 Å². The van der Waals surface area contributed by atoms with Gasteiger partial charge in [-0.25, -0.2) is 4.79 Å². The van der Waals surface area contributed by atoms with Gasteiger partial charge in [0.2, 0.25) is 0 Å². The zero-order chi connectivity index (χ0) is 12.5. The largest absolute Gasteiger partial charge is 0.475 e. The molecule has 1 amide bonds. The van der Waals surface area contributed by atoms with E-state index in [1.165, 1.54) is 6.40 Å². The van der Waals surface area contributed by atoms with Crippen LogP contribution in [0.5, 0.6) is 0 Å². The molecule has 2 rings (SSSR count). The maximum absolute atomic E-state index is 11.8. The highest BCUT2D eigenvalue weighted by Crippen LogP contribution is 2.29. The molecule has 2 aliphatic rings. The molecule has 0 bridgehead atoms. The van der Waals surface area contributed by atoms with E-state index in [-0.39, 0.29) is 11.7 Å². The monoisotopic (exact) mass is 240 g/mol. The minimum absolute atomic E-state index is 0.154. The molecule has 5 heteroatoms. The molecule has 96 valence electrons. The summed E-state index contributed by atoms with van der Waals surface area (Å²) in [4.78, 5) is 17.7. The van der Waals surface area contributed by atoms with Gasteiger partial charge in [0.05, 0.1) is 6.54 Å². The van der Waals surface area contributed by atoms with Gasteiger partial charge >= 0.3 is 6.09 Å². The first-order valence-electron chi connectivity index (χ1n) is 6.04. The molecule has 0 atom stereocenters. The predicted molar refractivity (Wildman–Crippen MR) is 64.2 cm³/mol. The van der Waals surface area contributed by atoms with Crippen LogP contribution in [0.15, 0.2) is 4.99 Å². The average Bonchev–Trinajstić information content (AvgIpc) is 2.65. The summed E-state index contributed by atoms with van der Waals surface area (Å²) in [6.07, 6.45) is 2.95. The highest BCUT2D eigenvalue weighted by atomic mass is 16.6. The molecule has 0 saturated carbocycles. The summed E-state index contributed by atoms with van der Waals surface area (Å²) in [5.41, 5.74) is -0.586. The number of carbonyl (C=O) groups excluding carboxylic acids is 1. The van der Waals surface area contributed by atoms with E-state index in [0.717, 1.165) is 19.4 Å². The average molecular weight is 240 g/mol. The van der Waals surface area contributed by atoms with Crippen LogP contribution in [-0.4, -0.2) is 48.2 Å². The van der Waals surface area contributed by atoms with Crippen LogP contribution in [0.1, 0.15) is 33.6 Å². The molecule has 1 saturated heterocycles. The van der Waals surface area contributed by atoms with Crippen LogP contribution in [0.4, 0.5) is 4.79 Å². The van der Waals surface area contributed by atoms with Crippen molar-refractivity contribution in [1.82, 2.24) is 4.90 Å². The zero-order valence-corrected chi connectivity index (χ0v) is 10.7. The lowest BCUT2D eigenvalue weighted by Gasteiger charge is -2.38. The topological polar surface area (TPSA) is 51.1 Å². The highest BCUT2D eigenvalue weighted by molar-refractivity contribution is 5.68. The summed E-state index contributed by atoms with van der Waals surface area (Å²) in [7, 11) is 0. The van der Waals surface area contributed by atoms with Crippen molar-refractivity contribution in [3.63, 3.8) is 0 Å². The molecule has 0 aliphatic carbocycles. The van der Waals surface area contributed by atoms with Gasteiger partial charge in [-0.2, -0.15) is 0 Å². The number of piperidine rings is 1. The second kappa shape index (κ2) is 4.20. The molecule has 0 aromatic carbocycles. The molecule has 1 spiro atoms. The molecule has 2 aliphatic heterocycles. The summed E-state index contributed by atoms with van der Waals surface area (Å²) >= 11 is 0. The molecule has 1 fully saturated rings. The normalized spacial score (nSPS) is 22.6. The van der Waals surface area contributed by atoms with Crippen molar-refractivity contribution >= 4 is 12.5 Å². The Hall–Kier alpha value is -1.26. The van der Waals surface area contributed by atoms with Crippen molar-refractivity contribution in [3.05, 3.63) is 0 Å². The number of carbonyl (C=O) groups is 1. The van der Waals surface area contributed by atoms with Crippen molar-refractivity contribution < 1.29 is 14.3 Å². The Morgan fingerprint density at radius 3 is 2.53 bits per heavy atom. The van der Waals surface area contributed by atoms with Crippen LogP contribution in [0, 0.1) is 0 Å². The molecule has 17 heavy (non-hydrogen) atoms. The fraction of sp³-hybridized carbons (Fsp3) is 0.833. The molecular formula is C12H20N2O3. The summed E-state index contributed by atoms with van der Waals surface area (Å²) in [6.45, 7) is 7.71. The van der Waals surface area contributed by atoms with Gasteiger partial charge < -0.3 is 14.4 Å².